The molecular weight excluding hydrogens is 318 g/mol. The molecule has 0 radical (unpaired) electrons. The van der Waals surface area contributed by atoms with E-state index in [1.807, 2.05) is 42.2 Å². The highest BCUT2D eigenvalue weighted by Gasteiger charge is 2.31. The molecule has 0 N–H and O–H groups in total. The van der Waals surface area contributed by atoms with E-state index in [0.29, 0.717) is 30.2 Å². The third-order valence-corrected chi connectivity index (χ3v) is 4.50. The first-order valence-corrected chi connectivity index (χ1v) is 8.33. The summed E-state index contributed by atoms with van der Waals surface area (Å²) in [6.07, 6.45) is -0.110. The quantitative estimate of drug-likeness (QED) is 0.856. The van der Waals surface area contributed by atoms with E-state index in [9.17, 15) is 4.79 Å². The van der Waals surface area contributed by atoms with Gasteiger partial charge in [-0.15, -0.1) is 0 Å². The van der Waals surface area contributed by atoms with Crippen molar-refractivity contribution in [3.63, 3.8) is 0 Å². The molecule has 25 heavy (non-hydrogen) atoms. The number of nitrogens with zero attached hydrogens (tertiary/aromatic N) is 1. The van der Waals surface area contributed by atoms with E-state index in [2.05, 4.69) is 0 Å². The first kappa shape index (κ1) is 17.3. The van der Waals surface area contributed by atoms with E-state index >= 15 is 0 Å². The van der Waals surface area contributed by atoms with Gasteiger partial charge in [-0.3, -0.25) is 4.79 Å². The van der Waals surface area contributed by atoms with Crippen LogP contribution >= 0.6 is 0 Å². The Labute approximate surface area is 148 Å². The number of methoxy groups -OCH3 is 2. The minimum absolute atomic E-state index is 0.0144. The van der Waals surface area contributed by atoms with Gasteiger partial charge in [0.15, 0.2) is 11.5 Å². The van der Waals surface area contributed by atoms with E-state index < -0.39 is 0 Å². The topological polar surface area (TPSA) is 48.0 Å². The van der Waals surface area contributed by atoms with E-state index in [1.165, 1.54) is 0 Å². The van der Waals surface area contributed by atoms with Crippen LogP contribution in [-0.4, -0.2) is 44.2 Å². The van der Waals surface area contributed by atoms with Gasteiger partial charge in [0, 0.05) is 5.56 Å². The normalized spacial score (nSPS) is 20.2. The van der Waals surface area contributed by atoms with Crippen molar-refractivity contribution >= 4 is 5.91 Å². The number of benzene rings is 2. The number of hydrogen-bond acceptors (Lipinski definition) is 4. The molecule has 1 aliphatic rings. The summed E-state index contributed by atoms with van der Waals surface area (Å²) in [6.45, 7) is 3.04. The van der Waals surface area contributed by atoms with Gasteiger partial charge in [-0.05, 0) is 30.7 Å². The average Bonchev–Trinajstić information content (AvgIpc) is 2.68. The molecule has 5 heteroatoms. The van der Waals surface area contributed by atoms with Gasteiger partial charge in [-0.2, -0.15) is 0 Å². The van der Waals surface area contributed by atoms with E-state index in [-0.39, 0.29) is 18.1 Å². The fourth-order valence-corrected chi connectivity index (χ4v) is 3.04. The Morgan fingerprint density at radius 2 is 1.80 bits per heavy atom. The van der Waals surface area contributed by atoms with Crippen molar-refractivity contribution in [2.75, 3.05) is 27.4 Å². The second kappa shape index (κ2) is 7.57. The minimum atomic E-state index is -0.110. The predicted octanol–water partition coefficient (Wildman–Crippen LogP) is 3.31. The summed E-state index contributed by atoms with van der Waals surface area (Å²) in [7, 11) is 3.14. The Hall–Kier alpha value is -2.53. The van der Waals surface area contributed by atoms with Crippen LogP contribution in [0.15, 0.2) is 48.5 Å². The molecule has 0 aromatic heterocycles. The van der Waals surface area contributed by atoms with E-state index in [1.54, 1.807) is 32.4 Å². The van der Waals surface area contributed by atoms with Gasteiger partial charge in [-0.25, -0.2) is 0 Å². The summed E-state index contributed by atoms with van der Waals surface area (Å²) < 4.78 is 16.5. The summed E-state index contributed by atoms with van der Waals surface area (Å²) in [6, 6.07) is 15.3. The largest absolute Gasteiger partial charge is 0.493 e. The lowest BCUT2D eigenvalue weighted by molar-refractivity contribution is -0.0486. The Morgan fingerprint density at radius 3 is 2.48 bits per heavy atom. The number of carbonyl (C=O) groups excluding carboxylic acids is 1. The van der Waals surface area contributed by atoms with Crippen LogP contribution in [0, 0.1) is 0 Å². The van der Waals surface area contributed by atoms with Crippen LogP contribution in [0.25, 0.3) is 0 Å². The molecule has 1 aliphatic heterocycles. The second-order valence-corrected chi connectivity index (χ2v) is 6.11. The maximum atomic E-state index is 13.0. The lowest BCUT2D eigenvalue weighted by Crippen LogP contribution is -2.48. The predicted molar refractivity (Wildman–Crippen MR) is 95.2 cm³/mol. The first-order chi connectivity index (χ1) is 12.1. The highest BCUT2D eigenvalue weighted by atomic mass is 16.5. The molecule has 0 aliphatic carbocycles. The molecule has 5 nitrogen and oxygen atoms in total. The van der Waals surface area contributed by atoms with Crippen molar-refractivity contribution in [3.05, 3.63) is 59.7 Å². The van der Waals surface area contributed by atoms with Crippen molar-refractivity contribution in [2.45, 2.75) is 19.1 Å². The van der Waals surface area contributed by atoms with Crippen LogP contribution < -0.4 is 9.47 Å². The standard InChI is InChI=1S/C20H23NO4/c1-14-13-25-19(15-7-5-4-6-8-15)12-21(14)20(22)16-9-10-17(23-2)18(11-16)24-3/h4-11,14,19H,12-13H2,1-3H3. The molecule has 2 atom stereocenters. The molecule has 1 amide bonds. The van der Waals surface area contributed by atoms with Gasteiger partial charge in [0.2, 0.25) is 0 Å². The summed E-state index contributed by atoms with van der Waals surface area (Å²) in [5.74, 6) is 1.13. The molecular formula is C20H23NO4. The van der Waals surface area contributed by atoms with Gasteiger partial charge in [0.05, 0.1) is 33.4 Å². The van der Waals surface area contributed by atoms with Gasteiger partial charge >= 0.3 is 0 Å². The zero-order valence-electron chi connectivity index (χ0n) is 14.8. The average molecular weight is 341 g/mol. The molecule has 132 valence electrons. The van der Waals surface area contributed by atoms with Crippen LogP contribution in [0.3, 0.4) is 0 Å². The zero-order valence-corrected chi connectivity index (χ0v) is 14.8. The molecule has 0 saturated carbocycles. The molecule has 3 rings (SSSR count). The molecule has 1 heterocycles. The SMILES string of the molecule is COc1ccc(C(=O)N2CC(c3ccccc3)OCC2C)cc1OC. The number of amides is 1. The molecule has 0 spiro atoms. The smallest absolute Gasteiger partial charge is 0.254 e. The number of carbonyl (C=O) groups is 1. The molecule has 2 aromatic carbocycles. The minimum Gasteiger partial charge on any atom is -0.493 e. The van der Waals surface area contributed by atoms with Gasteiger partial charge in [0.25, 0.3) is 5.91 Å². The van der Waals surface area contributed by atoms with Crippen molar-refractivity contribution in [1.29, 1.82) is 0 Å². The Balaban J connectivity index is 1.82. The third kappa shape index (κ3) is 3.61. The summed E-state index contributed by atoms with van der Waals surface area (Å²) in [5, 5.41) is 0. The summed E-state index contributed by atoms with van der Waals surface area (Å²) in [4.78, 5) is 14.9. The van der Waals surface area contributed by atoms with Crippen LogP contribution in [-0.2, 0) is 4.74 Å². The van der Waals surface area contributed by atoms with Gasteiger partial charge in [-0.1, -0.05) is 30.3 Å². The second-order valence-electron chi connectivity index (χ2n) is 6.11. The van der Waals surface area contributed by atoms with Crippen LogP contribution in [0.1, 0.15) is 28.9 Å². The number of morpholine rings is 1. The fourth-order valence-electron chi connectivity index (χ4n) is 3.04. The Bertz CT molecular complexity index is 732. The maximum absolute atomic E-state index is 13.0. The monoisotopic (exact) mass is 341 g/mol. The Kier molecular flexibility index (Phi) is 5.24. The first-order valence-electron chi connectivity index (χ1n) is 8.33. The summed E-state index contributed by atoms with van der Waals surface area (Å²) in [5.41, 5.74) is 1.66. The van der Waals surface area contributed by atoms with Crippen LogP contribution in [0.5, 0.6) is 11.5 Å². The van der Waals surface area contributed by atoms with Crippen molar-refractivity contribution in [1.82, 2.24) is 4.90 Å². The molecule has 0 bridgehead atoms. The van der Waals surface area contributed by atoms with Gasteiger partial charge in [0.1, 0.15) is 6.10 Å². The zero-order chi connectivity index (χ0) is 17.8. The number of rotatable bonds is 4. The van der Waals surface area contributed by atoms with Crippen LogP contribution in [0.2, 0.25) is 0 Å². The lowest BCUT2D eigenvalue weighted by Gasteiger charge is -2.38. The molecule has 1 fully saturated rings. The Morgan fingerprint density at radius 1 is 1.08 bits per heavy atom. The lowest BCUT2D eigenvalue weighted by atomic mass is 10.0. The summed E-state index contributed by atoms with van der Waals surface area (Å²) >= 11 is 0. The van der Waals surface area contributed by atoms with Crippen molar-refractivity contribution in [3.8, 4) is 11.5 Å². The molecule has 1 saturated heterocycles. The highest BCUT2D eigenvalue weighted by Crippen LogP contribution is 2.30. The van der Waals surface area contributed by atoms with E-state index in [0.717, 1.165) is 5.56 Å². The van der Waals surface area contributed by atoms with Crippen LogP contribution in [0.4, 0.5) is 0 Å². The number of hydrogen-bond donors (Lipinski definition) is 0. The molecule has 2 aromatic rings. The number of ether oxygens (including phenoxy) is 3. The third-order valence-electron chi connectivity index (χ3n) is 4.50. The van der Waals surface area contributed by atoms with Crippen molar-refractivity contribution in [2.24, 2.45) is 0 Å². The van der Waals surface area contributed by atoms with Gasteiger partial charge < -0.3 is 19.1 Å². The van der Waals surface area contributed by atoms with E-state index in [4.69, 9.17) is 14.2 Å². The van der Waals surface area contributed by atoms with Crippen molar-refractivity contribution < 1.29 is 19.0 Å². The maximum Gasteiger partial charge on any atom is 0.254 e. The molecule has 2 unspecified atom stereocenters. The fraction of sp³-hybridized carbons (Fsp3) is 0.350. The highest BCUT2D eigenvalue weighted by molar-refractivity contribution is 5.95.